The van der Waals surface area contributed by atoms with E-state index in [1.165, 1.54) is 12.3 Å². The smallest absolute Gasteiger partial charge is 0.354 e. The van der Waals surface area contributed by atoms with Crippen molar-refractivity contribution in [2.45, 2.75) is 13.3 Å². The van der Waals surface area contributed by atoms with Crippen molar-refractivity contribution in [3.8, 4) is 0 Å². The lowest BCUT2D eigenvalue weighted by Gasteiger charge is -2.06. The molecule has 0 fully saturated rings. The van der Waals surface area contributed by atoms with Gasteiger partial charge in [0.2, 0.25) is 5.91 Å². The molecule has 0 bridgehead atoms. The average Bonchev–Trinajstić information content (AvgIpc) is 2.42. The highest BCUT2D eigenvalue weighted by Gasteiger charge is 2.11. The number of pyridine rings is 1. The monoisotopic (exact) mass is 265 g/mol. The number of aromatic carboxylic acids is 1. The van der Waals surface area contributed by atoms with Crippen molar-refractivity contribution >= 4 is 17.8 Å². The maximum atomic E-state index is 11.7. The van der Waals surface area contributed by atoms with E-state index < -0.39 is 11.9 Å². The molecule has 0 aliphatic heterocycles. The maximum Gasteiger partial charge on any atom is 0.354 e. The molecule has 3 N–H and O–H groups in total. The zero-order valence-corrected chi connectivity index (χ0v) is 10.5. The lowest BCUT2D eigenvalue weighted by Crippen LogP contribution is -2.37. The highest BCUT2D eigenvalue weighted by Crippen LogP contribution is 2.01. The summed E-state index contributed by atoms with van der Waals surface area (Å²) in [4.78, 5) is 37.3. The number of nitrogens with zero attached hydrogens (tertiary/aromatic N) is 1. The third-order valence-corrected chi connectivity index (χ3v) is 2.22. The van der Waals surface area contributed by atoms with Crippen LogP contribution in [0, 0.1) is 0 Å². The topological polar surface area (TPSA) is 108 Å². The number of aromatic nitrogens is 1. The fourth-order valence-electron chi connectivity index (χ4n) is 1.28. The van der Waals surface area contributed by atoms with Crippen LogP contribution in [-0.4, -0.2) is 41.0 Å². The zero-order valence-electron chi connectivity index (χ0n) is 10.5. The predicted octanol–water partition coefficient (Wildman–Crippen LogP) is 0.0358. The second-order valence-electron chi connectivity index (χ2n) is 3.77. The van der Waals surface area contributed by atoms with E-state index in [1.807, 2.05) is 6.92 Å². The Morgan fingerprint density at radius 3 is 2.68 bits per heavy atom. The molecule has 0 aromatic carbocycles. The lowest BCUT2D eigenvalue weighted by atomic mass is 10.2. The highest BCUT2D eigenvalue weighted by atomic mass is 16.4. The van der Waals surface area contributed by atoms with Crippen molar-refractivity contribution < 1.29 is 19.5 Å². The van der Waals surface area contributed by atoms with Crippen LogP contribution in [0.2, 0.25) is 0 Å². The van der Waals surface area contributed by atoms with E-state index in [-0.39, 0.29) is 23.7 Å². The Morgan fingerprint density at radius 1 is 1.32 bits per heavy atom. The van der Waals surface area contributed by atoms with Crippen molar-refractivity contribution in [3.05, 3.63) is 29.6 Å². The number of carboxylic acid groups (broad SMARTS) is 1. The normalized spacial score (nSPS) is 9.74. The van der Waals surface area contributed by atoms with Crippen LogP contribution in [0.5, 0.6) is 0 Å². The molecule has 1 aromatic rings. The van der Waals surface area contributed by atoms with Crippen LogP contribution < -0.4 is 10.6 Å². The molecule has 7 heteroatoms. The molecule has 7 nitrogen and oxygen atoms in total. The van der Waals surface area contributed by atoms with Crippen LogP contribution in [0.4, 0.5) is 0 Å². The Labute approximate surface area is 110 Å². The number of hydrogen-bond donors (Lipinski definition) is 3. The first-order chi connectivity index (χ1) is 9.04. The quantitative estimate of drug-likeness (QED) is 0.672. The average molecular weight is 265 g/mol. The molecule has 102 valence electrons. The fraction of sp³-hybridized carbons (Fsp3) is 0.333. The largest absolute Gasteiger partial charge is 0.477 e. The first-order valence-electron chi connectivity index (χ1n) is 5.78. The molecule has 1 heterocycles. The Bertz CT molecular complexity index is 488. The number of hydrogen-bond acceptors (Lipinski definition) is 4. The van der Waals surface area contributed by atoms with Gasteiger partial charge in [0.05, 0.1) is 6.54 Å². The fourth-order valence-corrected chi connectivity index (χ4v) is 1.28. The minimum absolute atomic E-state index is 0.149. The van der Waals surface area contributed by atoms with Crippen molar-refractivity contribution in [3.63, 3.8) is 0 Å². The lowest BCUT2D eigenvalue weighted by molar-refractivity contribution is -0.120. The molecule has 0 saturated carbocycles. The Morgan fingerprint density at radius 2 is 2.05 bits per heavy atom. The van der Waals surface area contributed by atoms with E-state index in [4.69, 9.17) is 5.11 Å². The SMILES string of the molecule is CCCNC(=O)CNC(=O)c1ccnc(C(=O)O)c1. The van der Waals surface area contributed by atoms with Crippen molar-refractivity contribution in [2.24, 2.45) is 0 Å². The Hall–Kier alpha value is -2.44. The zero-order chi connectivity index (χ0) is 14.3. The number of nitrogens with one attached hydrogen (secondary N) is 2. The van der Waals surface area contributed by atoms with Gasteiger partial charge in [-0.25, -0.2) is 9.78 Å². The van der Waals surface area contributed by atoms with E-state index in [0.29, 0.717) is 6.54 Å². The van der Waals surface area contributed by atoms with E-state index >= 15 is 0 Å². The molecule has 0 unspecified atom stereocenters. The summed E-state index contributed by atoms with van der Waals surface area (Å²) in [5.41, 5.74) is -0.0706. The minimum Gasteiger partial charge on any atom is -0.477 e. The van der Waals surface area contributed by atoms with Gasteiger partial charge in [0.25, 0.3) is 5.91 Å². The van der Waals surface area contributed by atoms with Crippen LogP contribution in [-0.2, 0) is 4.79 Å². The molecule has 0 radical (unpaired) electrons. The summed E-state index contributed by atoms with van der Waals surface area (Å²) in [6.45, 7) is 2.32. The summed E-state index contributed by atoms with van der Waals surface area (Å²) in [7, 11) is 0. The number of rotatable bonds is 6. The summed E-state index contributed by atoms with van der Waals surface area (Å²) in [5.74, 6) is -2.02. The van der Waals surface area contributed by atoms with Gasteiger partial charge in [-0.1, -0.05) is 6.92 Å². The molecular formula is C12H15N3O4. The second-order valence-corrected chi connectivity index (χ2v) is 3.77. The molecule has 2 amide bonds. The van der Waals surface area contributed by atoms with Crippen LogP contribution in [0.15, 0.2) is 18.3 Å². The summed E-state index contributed by atoms with van der Waals surface area (Å²) in [5, 5.41) is 13.8. The van der Waals surface area contributed by atoms with Crippen LogP contribution in [0.25, 0.3) is 0 Å². The molecule has 19 heavy (non-hydrogen) atoms. The van der Waals surface area contributed by atoms with Gasteiger partial charge in [0, 0.05) is 18.3 Å². The number of carboxylic acids is 1. The number of carbonyl (C=O) groups is 3. The van der Waals surface area contributed by atoms with Gasteiger partial charge in [0.1, 0.15) is 5.69 Å². The molecular weight excluding hydrogens is 250 g/mol. The van der Waals surface area contributed by atoms with E-state index in [0.717, 1.165) is 12.5 Å². The minimum atomic E-state index is -1.21. The molecule has 0 saturated heterocycles. The van der Waals surface area contributed by atoms with Crippen LogP contribution in [0.3, 0.4) is 0 Å². The molecule has 0 aliphatic rings. The van der Waals surface area contributed by atoms with Gasteiger partial charge < -0.3 is 15.7 Å². The van der Waals surface area contributed by atoms with Gasteiger partial charge in [-0.2, -0.15) is 0 Å². The van der Waals surface area contributed by atoms with Gasteiger partial charge in [-0.3, -0.25) is 9.59 Å². The summed E-state index contributed by atoms with van der Waals surface area (Å²) in [6, 6.07) is 2.54. The van der Waals surface area contributed by atoms with E-state index in [9.17, 15) is 14.4 Å². The molecule has 0 aliphatic carbocycles. The first-order valence-corrected chi connectivity index (χ1v) is 5.78. The molecule has 1 rings (SSSR count). The number of carbonyl (C=O) groups excluding carboxylic acids is 2. The Kier molecular flexibility index (Phi) is 5.46. The molecule has 1 aromatic heterocycles. The van der Waals surface area contributed by atoms with E-state index in [1.54, 1.807) is 0 Å². The third-order valence-electron chi connectivity index (χ3n) is 2.22. The summed E-state index contributed by atoms with van der Waals surface area (Å²) >= 11 is 0. The predicted molar refractivity (Wildman–Crippen MR) is 66.8 cm³/mol. The molecule has 0 spiro atoms. The van der Waals surface area contributed by atoms with Gasteiger partial charge in [0.15, 0.2) is 0 Å². The highest BCUT2D eigenvalue weighted by molar-refractivity contribution is 5.98. The van der Waals surface area contributed by atoms with Gasteiger partial charge in [-0.05, 0) is 18.6 Å². The van der Waals surface area contributed by atoms with Gasteiger partial charge in [-0.15, -0.1) is 0 Å². The summed E-state index contributed by atoms with van der Waals surface area (Å²) < 4.78 is 0. The maximum absolute atomic E-state index is 11.7. The van der Waals surface area contributed by atoms with Gasteiger partial charge >= 0.3 is 5.97 Å². The second kappa shape index (κ2) is 7.10. The van der Waals surface area contributed by atoms with E-state index in [2.05, 4.69) is 15.6 Å². The van der Waals surface area contributed by atoms with Crippen LogP contribution >= 0.6 is 0 Å². The van der Waals surface area contributed by atoms with Crippen molar-refractivity contribution in [2.75, 3.05) is 13.1 Å². The van der Waals surface area contributed by atoms with Crippen molar-refractivity contribution in [1.82, 2.24) is 15.6 Å². The first kappa shape index (κ1) is 14.6. The third kappa shape index (κ3) is 4.74. The Balaban J connectivity index is 2.56. The van der Waals surface area contributed by atoms with Crippen LogP contribution in [0.1, 0.15) is 34.2 Å². The molecule has 0 atom stereocenters. The van der Waals surface area contributed by atoms with Crippen molar-refractivity contribution in [1.29, 1.82) is 0 Å². The summed E-state index contributed by atoms with van der Waals surface area (Å²) in [6.07, 6.45) is 2.04. The standard InChI is InChI=1S/C12H15N3O4/c1-2-4-14-10(16)7-15-11(17)8-3-5-13-9(6-8)12(18)19/h3,5-6H,2,4,7H2,1H3,(H,14,16)(H,15,17)(H,18,19). The number of amides is 2.